The second kappa shape index (κ2) is 5.44. The number of hydrogen-bond donors (Lipinski definition) is 1. The maximum Gasteiger partial charge on any atom is 0.0922 e. The quantitative estimate of drug-likeness (QED) is 0.910. The molecule has 1 aromatic heterocycles. The summed E-state index contributed by atoms with van der Waals surface area (Å²) < 4.78 is 0. The standard InChI is InChI=1S/C14H18ClN3/c1-10(2)18(8-12-7-16-9-17-12)13-5-4-11(3)14(15)6-13/h4-7,9-10H,8H2,1-3H3,(H,16,17). The number of hydrogen-bond acceptors (Lipinski definition) is 2. The van der Waals surface area contributed by atoms with Crippen LogP contribution in [0.5, 0.6) is 0 Å². The molecular formula is C14H18ClN3. The van der Waals surface area contributed by atoms with Crippen LogP contribution in [0.4, 0.5) is 5.69 Å². The lowest BCUT2D eigenvalue weighted by atomic mass is 10.2. The predicted octanol–water partition coefficient (Wildman–Crippen LogP) is 3.79. The van der Waals surface area contributed by atoms with E-state index in [1.807, 2.05) is 19.2 Å². The van der Waals surface area contributed by atoms with Gasteiger partial charge in [-0.25, -0.2) is 4.98 Å². The van der Waals surface area contributed by atoms with Gasteiger partial charge in [0.15, 0.2) is 0 Å². The number of anilines is 1. The first-order valence-corrected chi connectivity index (χ1v) is 6.46. The molecule has 2 rings (SSSR count). The van der Waals surface area contributed by atoms with E-state index in [0.717, 1.165) is 28.5 Å². The molecule has 96 valence electrons. The number of benzene rings is 1. The number of rotatable bonds is 4. The van der Waals surface area contributed by atoms with Crippen molar-refractivity contribution in [2.45, 2.75) is 33.4 Å². The Balaban J connectivity index is 2.26. The molecule has 0 bridgehead atoms. The molecule has 1 aromatic carbocycles. The molecule has 2 aromatic rings. The van der Waals surface area contributed by atoms with E-state index >= 15 is 0 Å². The van der Waals surface area contributed by atoms with Crippen LogP contribution in [0, 0.1) is 6.92 Å². The summed E-state index contributed by atoms with van der Waals surface area (Å²) in [6.07, 6.45) is 3.56. The Bertz CT molecular complexity index is 506. The van der Waals surface area contributed by atoms with Crippen LogP contribution >= 0.6 is 11.6 Å². The van der Waals surface area contributed by atoms with Crippen LogP contribution in [0.2, 0.25) is 5.02 Å². The fraction of sp³-hybridized carbons (Fsp3) is 0.357. The van der Waals surface area contributed by atoms with Gasteiger partial charge in [0.2, 0.25) is 0 Å². The van der Waals surface area contributed by atoms with Gasteiger partial charge in [-0.2, -0.15) is 0 Å². The Hall–Kier alpha value is -1.48. The summed E-state index contributed by atoms with van der Waals surface area (Å²) in [5.41, 5.74) is 3.33. The summed E-state index contributed by atoms with van der Waals surface area (Å²) in [6.45, 7) is 7.16. The third kappa shape index (κ3) is 2.85. The van der Waals surface area contributed by atoms with Gasteiger partial charge in [0.05, 0.1) is 18.6 Å². The molecule has 1 N–H and O–H groups in total. The average Bonchev–Trinajstić information content (AvgIpc) is 2.82. The zero-order valence-corrected chi connectivity index (χ0v) is 11.7. The lowest BCUT2D eigenvalue weighted by molar-refractivity contribution is 0.675. The molecule has 4 heteroatoms. The van der Waals surface area contributed by atoms with Gasteiger partial charge in [-0.15, -0.1) is 0 Å². The van der Waals surface area contributed by atoms with Gasteiger partial charge < -0.3 is 9.88 Å². The summed E-state index contributed by atoms with van der Waals surface area (Å²) in [5.74, 6) is 0. The van der Waals surface area contributed by atoms with Crippen molar-refractivity contribution in [3.8, 4) is 0 Å². The first kappa shape index (κ1) is 13.0. The van der Waals surface area contributed by atoms with Gasteiger partial charge in [-0.3, -0.25) is 0 Å². The monoisotopic (exact) mass is 263 g/mol. The van der Waals surface area contributed by atoms with E-state index in [2.05, 4.69) is 40.8 Å². The first-order valence-electron chi connectivity index (χ1n) is 6.08. The van der Waals surface area contributed by atoms with Gasteiger partial charge >= 0.3 is 0 Å². The van der Waals surface area contributed by atoms with E-state index in [-0.39, 0.29) is 0 Å². The number of nitrogens with zero attached hydrogens (tertiary/aromatic N) is 2. The summed E-state index contributed by atoms with van der Waals surface area (Å²) in [6, 6.07) is 6.58. The molecule has 0 aliphatic rings. The highest BCUT2D eigenvalue weighted by Crippen LogP contribution is 2.25. The third-order valence-corrected chi connectivity index (χ3v) is 3.41. The topological polar surface area (TPSA) is 31.9 Å². The maximum atomic E-state index is 6.20. The summed E-state index contributed by atoms with van der Waals surface area (Å²) in [7, 11) is 0. The Morgan fingerprint density at radius 2 is 2.17 bits per heavy atom. The fourth-order valence-corrected chi connectivity index (χ4v) is 2.06. The second-order valence-corrected chi connectivity index (χ2v) is 5.14. The number of halogens is 1. The maximum absolute atomic E-state index is 6.20. The molecule has 0 unspecified atom stereocenters. The minimum atomic E-state index is 0.395. The van der Waals surface area contributed by atoms with Crippen molar-refractivity contribution >= 4 is 17.3 Å². The van der Waals surface area contributed by atoms with E-state index in [1.165, 1.54) is 0 Å². The lowest BCUT2D eigenvalue weighted by Crippen LogP contribution is -2.30. The third-order valence-electron chi connectivity index (χ3n) is 3.01. The van der Waals surface area contributed by atoms with Crippen molar-refractivity contribution in [3.05, 3.63) is 47.0 Å². The Morgan fingerprint density at radius 1 is 1.39 bits per heavy atom. The Morgan fingerprint density at radius 3 is 2.72 bits per heavy atom. The highest BCUT2D eigenvalue weighted by Gasteiger charge is 2.12. The number of aryl methyl sites for hydroxylation is 1. The van der Waals surface area contributed by atoms with Crippen LogP contribution in [0.15, 0.2) is 30.7 Å². The largest absolute Gasteiger partial charge is 0.363 e. The lowest BCUT2D eigenvalue weighted by Gasteiger charge is -2.28. The van der Waals surface area contributed by atoms with Gasteiger partial charge in [-0.05, 0) is 38.5 Å². The van der Waals surface area contributed by atoms with Gasteiger partial charge in [-0.1, -0.05) is 17.7 Å². The fourth-order valence-electron chi connectivity index (χ4n) is 1.89. The number of aromatic nitrogens is 2. The van der Waals surface area contributed by atoms with Crippen molar-refractivity contribution in [1.29, 1.82) is 0 Å². The Kier molecular flexibility index (Phi) is 3.92. The van der Waals surface area contributed by atoms with Crippen LogP contribution in [0.1, 0.15) is 25.1 Å². The van der Waals surface area contributed by atoms with Crippen molar-refractivity contribution in [2.75, 3.05) is 4.90 Å². The van der Waals surface area contributed by atoms with Gasteiger partial charge in [0.1, 0.15) is 0 Å². The van der Waals surface area contributed by atoms with Crippen LogP contribution < -0.4 is 4.90 Å². The summed E-state index contributed by atoms with van der Waals surface area (Å²) in [5, 5.41) is 0.808. The molecule has 1 heterocycles. The first-order chi connectivity index (χ1) is 8.58. The molecule has 18 heavy (non-hydrogen) atoms. The number of imidazole rings is 1. The highest BCUT2D eigenvalue weighted by molar-refractivity contribution is 6.31. The minimum absolute atomic E-state index is 0.395. The predicted molar refractivity (Wildman–Crippen MR) is 76.1 cm³/mol. The smallest absolute Gasteiger partial charge is 0.0922 e. The number of H-pyrrole nitrogens is 1. The molecule has 0 aliphatic heterocycles. The summed E-state index contributed by atoms with van der Waals surface area (Å²) >= 11 is 6.20. The molecule has 0 radical (unpaired) electrons. The molecule has 0 saturated heterocycles. The van der Waals surface area contributed by atoms with Crippen molar-refractivity contribution in [3.63, 3.8) is 0 Å². The molecule has 0 atom stereocenters. The molecule has 0 spiro atoms. The van der Waals surface area contributed by atoms with E-state index in [9.17, 15) is 0 Å². The average molecular weight is 264 g/mol. The molecule has 0 amide bonds. The molecular weight excluding hydrogens is 246 g/mol. The van der Waals surface area contributed by atoms with E-state index < -0.39 is 0 Å². The van der Waals surface area contributed by atoms with Crippen molar-refractivity contribution < 1.29 is 0 Å². The van der Waals surface area contributed by atoms with E-state index in [0.29, 0.717) is 6.04 Å². The number of nitrogens with one attached hydrogen (secondary N) is 1. The van der Waals surface area contributed by atoms with E-state index in [4.69, 9.17) is 11.6 Å². The molecule has 0 aliphatic carbocycles. The second-order valence-electron chi connectivity index (χ2n) is 4.73. The molecule has 0 saturated carbocycles. The van der Waals surface area contributed by atoms with Crippen LogP contribution in [0.3, 0.4) is 0 Å². The summed E-state index contributed by atoms with van der Waals surface area (Å²) in [4.78, 5) is 9.47. The van der Waals surface area contributed by atoms with Crippen LogP contribution in [-0.4, -0.2) is 16.0 Å². The number of aromatic amines is 1. The zero-order chi connectivity index (χ0) is 13.1. The van der Waals surface area contributed by atoms with E-state index in [1.54, 1.807) is 6.33 Å². The highest BCUT2D eigenvalue weighted by atomic mass is 35.5. The SMILES string of the molecule is Cc1ccc(N(Cc2cnc[nH]2)C(C)C)cc1Cl. The van der Waals surface area contributed by atoms with Gasteiger partial charge in [0.25, 0.3) is 0 Å². The minimum Gasteiger partial charge on any atom is -0.363 e. The van der Waals surface area contributed by atoms with Crippen LogP contribution in [-0.2, 0) is 6.54 Å². The van der Waals surface area contributed by atoms with Crippen molar-refractivity contribution in [2.24, 2.45) is 0 Å². The van der Waals surface area contributed by atoms with Crippen molar-refractivity contribution in [1.82, 2.24) is 9.97 Å². The zero-order valence-electron chi connectivity index (χ0n) is 10.9. The Labute approximate surface area is 113 Å². The molecule has 3 nitrogen and oxygen atoms in total. The normalized spacial score (nSPS) is 10.9. The van der Waals surface area contributed by atoms with Gasteiger partial charge in [0, 0.05) is 22.9 Å². The molecule has 0 fully saturated rings. The van der Waals surface area contributed by atoms with Crippen LogP contribution in [0.25, 0.3) is 0 Å².